The van der Waals surface area contributed by atoms with E-state index in [1.807, 2.05) is 36.5 Å². The molecule has 0 aromatic heterocycles. The van der Waals surface area contributed by atoms with Crippen molar-refractivity contribution >= 4 is 0 Å². The first-order chi connectivity index (χ1) is 7.36. The molecule has 0 fully saturated rings. The van der Waals surface area contributed by atoms with Crippen LogP contribution in [0, 0.1) is 11.8 Å². The average molecular weight is 192 g/mol. The molecule has 1 rings (SSSR count). The van der Waals surface area contributed by atoms with Crippen LogP contribution in [0.4, 0.5) is 0 Å². The van der Waals surface area contributed by atoms with Crippen molar-refractivity contribution < 1.29 is 0 Å². The van der Waals surface area contributed by atoms with E-state index < -0.39 is 0 Å². The molecule has 0 radical (unpaired) electrons. The summed E-state index contributed by atoms with van der Waals surface area (Å²) in [6.45, 7) is 7.29. The molecule has 0 heteroatoms. The summed E-state index contributed by atoms with van der Waals surface area (Å²) in [4.78, 5) is 0. The van der Waals surface area contributed by atoms with Crippen molar-refractivity contribution in [3.63, 3.8) is 0 Å². The standard InChI is InChI=1S/C15H12/c1-3-9-14(4-2)12-13-15-10-7-5-6-8-11-15/h3-7,9-11H,1-2H2/b14-9+. The van der Waals surface area contributed by atoms with Crippen LogP contribution in [0.15, 0.2) is 78.6 Å². The first-order valence-corrected chi connectivity index (χ1v) is 4.63. The van der Waals surface area contributed by atoms with E-state index in [0.29, 0.717) is 0 Å². The SMILES string of the molecule is C=C/C=C(/C#CC1=CC=CC=C=C1)C=C. The predicted molar refractivity (Wildman–Crippen MR) is 66.1 cm³/mol. The number of hydrogen-bond donors (Lipinski definition) is 0. The van der Waals surface area contributed by atoms with Crippen LogP contribution in [-0.2, 0) is 0 Å². The van der Waals surface area contributed by atoms with Crippen molar-refractivity contribution in [1.82, 2.24) is 0 Å². The van der Waals surface area contributed by atoms with E-state index in [2.05, 4.69) is 30.7 Å². The van der Waals surface area contributed by atoms with Crippen molar-refractivity contribution in [2.45, 2.75) is 0 Å². The fourth-order valence-corrected chi connectivity index (χ4v) is 0.966. The molecule has 0 aliphatic heterocycles. The second-order valence-corrected chi connectivity index (χ2v) is 2.80. The lowest BCUT2D eigenvalue weighted by molar-refractivity contribution is 1.75. The van der Waals surface area contributed by atoms with Crippen LogP contribution in [0.1, 0.15) is 0 Å². The minimum Gasteiger partial charge on any atom is -0.120 e. The molecule has 1 aliphatic carbocycles. The van der Waals surface area contributed by atoms with Crippen LogP contribution in [0.2, 0.25) is 0 Å². The zero-order valence-electron chi connectivity index (χ0n) is 8.53. The van der Waals surface area contributed by atoms with Gasteiger partial charge < -0.3 is 0 Å². The lowest BCUT2D eigenvalue weighted by atomic mass is 10.2. The topological polar surface area (TPSA) is 0 Å². The molecular weight excluding hydrogens is 180 g/mol. The van der Waals surface area contributed by atoms with E-state index in [1.54, 1.807) is 12.2 Å². The summed E-state index contributed by atoms with van der Waals surface area (Å²) in [5.41, 5.74) is 4.78. The fraction of sp³-hybridized carbons (Fsp3) is 0. The second-order valence-electron chi connectivity index (χ2n) is 2.80. The summed E-state index contributed by atoms with van der Waals surface area (Å²) >= 11 is 0. The molecule has 0 atom stereocenters. The van der Waals surface area contributed by atoms with Crippen LogP contribution in [0.3, 0.4) is 0 Å². The van der Waals surface area contributed by atoms with E-state index in [1.165, 1.54) is 0 Å². The first kappa shape index (κ1) is 10.9. The van der Waals surface area contributed by atoms with Crippen molar-refractivity contribution in [2.75, 3.05) is 0 Å². The van der Waals surface area contributed by atoms with Crippen LogP contribution in [-0.4, -0.2) is 0 Å². The highest BCUT2D eigenvalue weighted by Gasteiger charge is 1.85. The van der Waals surface area contributed by atoms with Gasteiger partial charge in [0, 0.05) is 11.1 Å². The molecule has 1 aliphatic rings. The van der Waals surface area contributed by atoms with Gasteiger partial charge in [0.2, 0.25) is 0 Å². The van der Waals surface area contributed by atoms with E-state index in [0.717, 1.165) is 11.1 Å². The maximum Gasteiger partial charge on any atom is 0.0326 e. The Balaban J connectivity index is 2.90. The van der Waals surface area contributed by atoms with Crippen LogP contribution >= 0.6 is 0 Å². The molecule has 0 nitrogen and oxygen atoms in total. The zero-order chi connectivity index (χ0) is 10.9. The minimum absolute atomic E-state index is 0.858. The molecule has 0 aromatic rings. The molecule has 0 bridgehead atoms. The maximum atomic E-state index is 3.68. The van der Waals surface area contributed by atoms with Crippen molar-refractivity contribution in [2.24, 2.45) is 0 Å². The molecular formula is C15H12. The van der Waals surface area contributed by atoms with Crippen LogP contribution in [0.25, 0.3) is 0 Å². The Labute approximate surface area is 91.0 Å². The quantitative estimate of drug-likeness (QED) is 0.357. The lowest BCUT2D eigenvalue weighted by Gasteiger charge is -1.86. The van der Waals surface area contributed by atoms with Crippen molar-refractivity contribution in [3.8, 4) is 11.8 Å². The smallest absolute Gasteiger partial charge is 0.0326 e. The van der Waals surface area contributed by atoms with Crippen LogP contribution < -0.4 is 0 Å². The molecule has 0 amide bonds. The van der Waals surface area contributed by atoms with Gasteiger partial charge in [0.25, 0.3) is 0 Å². The van der Waals surface area contributed by atoms with Gasteiger partial charge in [-0.2, -0.15) is 0 Å². The normalized spacial score (nSPS) is 13.6. The minimum atomic E-state index is 0.858. The highest BCUT2D eigenvalue weighted by molar-refractivity contribution is 5.49. The molecule has 0 heterocycles. The third kappa shape index (κ3) is 4.00. The van der Waals surface area contributed by atoms with Gasteiger partial charge in [0.1, 0.15) is 0 Å². The Kier molecular flexibility index (Phi) is 4.54. The van der Waals surface area contributed by atoms with Gasteiger partial charge in [0.15, 0.2) is 0 Å². The summed E-state index contributed by atoms with van der Waals surface area (Å²) in [5.74, 6) is 6.03. The monoisotopic (exact) mass is 192 g/mol. The Morgan fingerprint density at radius 2 is 2.20 bits per heavy atom. The third-order valence-electron chi connectivity index (χ3n) is 1.69. The molecule has 0 saturated heterocycles. The zero-order valence-corrected chi connectivity index (χ0v) is 8.53. The van der Waals surface area contributed by atoms with Gasteiger partial charge >= 0.3 is 0 Å². The van der Waals surface area contributed by atoms with E-state index in [9.17, 15) is 0 Å². The van der Waals surface area contributed by atoms with Gasteiger partial charge in [-0.05, 0) is 24.3 Å². The maximum absolute atomic E-state index is 3.68. The highest BCUT2D eigenvalue weighted by atomic mass is 13.9. The predicted octanol–water partition coefficient (Wildman–Crippen LogP) is 3.50. The molecule has 0 spiro atoms. The van der Waals surface area contributed by atoms with Gasteiger partial charge in [-0.1, -0.05) is 49.3 Å². The van der Waals surface area contributed by atoms with E-state index >= 15 is 0 Å². The second kappa shape index (κ2) is 6.27. The van der Waals surface area contributed by atoms with E-state index in [4.69, 9.17) is 0 Å². The molecule has 0 N–H and O–H groups in total. The summed E-state index contributed by atoms with van der Waals surface area (Å²) in [6.07, 6.45) is 14.7. The van der Waals surface area contributed by atoms with Gasteiger partial charge in [-0.25, -0.2) is 0 Å². The highest BCUT2D eigenvalue weighted by Crippen LogP contribution is 2.00. The Morgan fingerprint density at radius 1 is 1.33 bits per heavy atom. The average Bonchev–Trinajstić information content (AvgIpc) is 2.52. The van der Waals surface area contributed by atoms with Gasteiger partial charge in [-0.15, -0.1) is 5.73 Å². The Hall–Kier alpha value is -2.22. The summed E-state index contributed by atoms with van der Waals surface area (Å²) in [7, 11) is 0. The Bertz CT molecular complexity index is 462. The number of rotatable bonds is 2. The number of allylic oxidation sites excluding steroid dienone is 9. The molecule has 0 unspecified atom stereocenters. The van der Waals surface area contributed by atoms with Gasteiger partial charge in [-0.3, -0.25) is 0 Å². The summed E-state index contributed by atoms with van der Waals surface area (Å²) < 4.78 is 0. The summed E-state index contributed by atoms with van der Waals surface area (Å²) in [5, 5.41) is 0. The molecule has 0 saturated carbocycles. The van der Waals surface area contributed by atoms with Crippen molar-refractivity contribution in [1.29, 1.82) is 0 Å². The third-order valence-corrected chi connectivity index (χ3v) is 1.69. The number of hydrogen-bond acceptors (Lipinski definition) is 0. The summed E-state index contributed by atoms with van der Waals surface area (Å²) in [6, 6.07) is 0. The van der Waals surface area contributed by atoms with Crippen LogP contribution in [0.5, 0.6) is 0 Å². The Morgan fingerprint density at radius 3 is 2.93 bits per heavy atom. The lowest BCUT2D eigenvalue weighted by Crippen LogP contribution is -1.73. The molecule has 0 aromatic carbocycles. The first-order valence-electron chi connectivity index (χ1n) is 4.63. The fourth-order valence-electron chi connectivity index (χ4n) is 0.966. The van der Waals surface area contributed by atoms with Gasteiger partial charge in [0.05, 0.1) is 0 Å². The molecule has 15 heavy (non-hydrogen) atoms. The van der Waals surface area contributed by atoms with E-state index in [-0.39, 0.29) is 0 Å². The molecule has 72 valence electrons. The largest absolute Gasteiger partial charge is 0.120 e. The van der Waals surface area contributed by atoms with Crippen molar-refractivity contribution in [3.05, 3.63) is 78.6 Å².